The van der Waals surface area contributed by atoms with Crippen molar-refractivity contribution in [2.24, 2.45) is 0 Å². The average Bonchev–Trinajstić information content (AvgIpc) is 2.15. The molecule has 0 bridgehead atoms. The summed E-state index contributed by atoms with van der Waals surface area (Å²) in [6, 6.07) is 4.83. The molecule has 0 atom stereocenters. The van der Waals surface area contributed by atoms with E-state index in [4.69, 9.17) is 16.9 Å². The molecule has 1 aromatic carbocycles. The summed E-state index contributed by atoms with van der Waals surface area (Å²) in [6.07, 6.45) is 0.513. The summed E-state index contributed by atoms with van der Waals surface area (Å²) in [6.45, 7) is 0. The molecule has 0 unspecified atom stereocenters. The van der Waals surface area contributed by atoms with Gasteiger partial charge in [0.05, 0.1) is 17.2 Å². The molecule has 0 radical (unpaired) electrons. The Bertz CT molecular complexity index is 451. The molecule has 0 spiro atoms. The fraction of sp³-hybridized carbons (Fsp3) is 0. The molecule has 0 aromatic heterocycles. The number of hydrogen-bond donors (Lipinski definition) is 0. The van der Waals surface area contributed by atoms with Crippen LogP contribution in [-0.4, -0.2) is 11.5 Å². The molecule has 0 aliphatic carbocycles. The van der Waals surface area contributed by atoms with Crippen molar-refractivity contribution in [1.29, 1.82) is 5.26 Å². The van der Waals surface area contributed by atoms with Crippen LogP contribution in [0.4, 0.5) is 0 Å². The Morgan fingerprint density at radius 1 is 1.57 bits per heavy atom. The van der Waals surface area contributed by atoms with E-state index in [9.17, 15) is 9.59 Å². The molecule has 0 N–H and O–H groups in total. The summed E-state index contributed by atoms with van der Waals surface area (Å²) in [7, 11) is 0. The number of rotatable bonds is 2. The average molecular weight is 319 g/mol. The van der Waals surface area contributed by atoms with Crippen LogP contribution in [-0.2, 0) is 0 Å². The summed E-state index contributed by atoms with van der Waals surface area (Å²) < 4.78 is 0.711. The lowest BCUT2D eigenvalue weighted by Gasteiger charge is -2.02. The highest BCUT2D eigenvalue weighted by atomic mass is 127. The van der Waals surface area contributed by atoms with Crippen molar-refractivity contribution >= 4 is 45.7 Å². The number of carbonyl (C=O) groups excluding carboxylic acids is 2. The first-order valence-electron chi connectivity index (χ1n) is 3.48. The van der Waals surface area contributed by atoms with Crippen molar-refractivity contribution in [3.8, 4) is 6.07 Å². The fourth-order valence-corrected chi connectivity index (χ4v) is 1.89. The van der Waals surface area contributed by atoms with E-state index >= 15 is 0 Å². The topological polar surface area (TPSA) is 57.9 Å². The second-order valence-electron chi connectivity index (χ2n) is 2.42. The second-order valence-corrected chi connectivity index (χ2v) is 4.01. The molecule has 0 aliphatic heterocycles. The van der Waals surface area contributed by atoms with Crippen molar-refractivity contribution in [2.75, 3.05) is 0 Å². The van der Waals surface area contributed by atoms with Gasteiger partial charge in [0.25, 0.3) is 5.24 Å². The molecule has 0 fully saturated rings. The van der Waals surface area contributed by atoms with Crippen LogP contribution in [0.3, 0.4) is 0 Å². The third-order valence-corrected chi connectivity index (χ3v) is 2.39. The van der Waals surface area contributed by atoms with E-state index in [0.29, 0.717) is 9.86 Å². The highest BCUT2D eigenvalue weighted by Gasteiger charge is 2.15. The first-order chi connectivity index (χ1) is 6.60. The number of hydrogen-bond acceptors (Lipinski definition) is 3. The van der Waals surface area contributed by atoms with Crippen LogP contribution in [0.25, 0.3) is 0 Å². The van der Waals surface area contributed by atoms with Gasteiger partial charge in [0, 0.05) is 9.13 Å². The predicted molar refractivity (Wildman–Crippen MR) is 59.4 cm³/mol. The molecule has 3 nitrogen and oxygen atoms in total. The van der Waals surface area contributed by atoms with Gasteiger partial charge < -0.3 is 0 Å². The number of carbonyl (C=O) groups is 2. The maximum absolute atomic E-state index is 11.0. The quantitative estimate of drug-likeness (QED) is 0.478. The van der Waals surface area contributed by atoms with Crippen molar-refractivity contribution in [1.82, 2.24) is 0 Å². The number of benzene rings is 1. The zero-order chi connectivity index (χ0) is 10.7. The van der Waals surface area contributed by atoms with Gasteiger partial charge in [-0.1, -0.05) is 0 Å². The van der Waals surface area contributed by atoms with E-state index in [1.807, 2.05) is 28.7 Å². The van der Waals surface area contributed by atoms with Gasteiger partial charge in [-0.25, -0.2) is 0 Å². The van der Waals surface area contributed by atoms with Gasteiger partial charge >= 0.3 is 0 Å². The van der Waals surface area contributed by atoms with Crippen molar-refractivity contribution < 1.29 is 9.59 Å². The lowest BCUT2D eigenvalue weighted by atomic mass is 10.0. The molecular formula is C9H3ClINO2. The van der Waals surface area contributed by atoms with Crippen LogP contribution in [0.2, 0.25) is 0 Å². The smallest absolute Gasteiger partial charge is 0.254 e. The lowest BCUT2D eigenvalue weighted by molar-refractivity contribution is 0.106. The minimum atomic E-state index is -0.792. The van der Waals surface area contributed by atoms with Crippen molar-refractivity contribution in [2.45, 2.75) is 0 Å². The summed E-state index contributed by atoms with van der Waals surface area (Å²) >= 11 is 7.23. The third-order valence-electron chi connectivity index (χ3n) is 1.58. The summed E-state index contributed by atoms with van der Waals surface area (Å²) in [5.41, 5.74) is 0.247. The monoisotopic (exact) mass is 319 g/mol. The predicted octanol–water partition coefficient (Wildman–Crippen LogP) is 2.35. The maximum Gasteiger partial charge on any atom is 0.254 e. The van der Waals surface area contributed by atoms with Crippen LogP contribution in [0.5, 0.6) is 0 Å². The fourth-order valence-electron chi connectivity index (χ4n) is 1.03. The molecule has 70 valence electrons. The molecular weight excluding hydrogens is 316 g/mol. The highest BCUT2D eigenvalue weighted by Crippen LogP contribution is 2.19. The number of halogens is 2. The molecule has 5 heteroatoms. The Morgan fingerprint density at radius 2 is 2.21 bits per heavy atom. The van der Waals surface area contributed by atoms with Gasteiger partial charge in [0.1, 0.15) is 0 Å². The van der Waals surface area contributed by atoms with E-state index in [1.165, 1.54) is 12.1 Å². The van der Waals surface area contributed by atoms with E-state index in [-0.39, 0.29) is 16.7 Å². The maximum atomic E-state index is 11.0. The highest BCUT2D eigenvalue weighted by molar-refractivity contribution is 14.1. The van der Waals surface area contributed by atoms with E-state index in [2.05, 4.69) is 0 Å². The normalized spacial score (nSPS) is 9.21. The van der Waals surface area contributed by atoms with Crippen LogP contribution in [0.15, 0.2) is 12.1 Å². The minimum absolute atomic E-state index is 0.0235. The molecule has 0 saturated heterocycles. The molecule has 0 heterocycles. The van der Waals surface area contributed by atoms with Crippen molar-refractivity contribution in [3.05, 3.63) is 32.4 Å². The largest absolute Gasteiger partial charge is 0.298 e. The van der Waals surface area contributed by atoms with Crippen molar-refractivity contribution in [3.63, 3.8) is 0 Å². The third kappa shape index (κ3) is 2.11. The van der Waals surface area contributed by atoms with Crippen LogP contribution in [0, 0.1) is 14.9 Å². The molecule has 14 heavy (non-hydrogen) atoms. The first kappa shape index (κ1) is 11.1. The second kappa shape index (κ2) is 4.53. The Hall–Kier alpha value is -0.930. The Labute approximate surface area is 98.8 Å². The standard InChI is InChI=1S/C9H3ClINO2/c10-9(14)8-5(3-12)1-7(11)2-6(8)4-13/h1-2,4H. The van der Waals surface area contributed by atoms with Gasteiger partial charge in [-0.15, -0.1) is 0 Å². The van der Waals surface area contributed by atoms with E-state index in [0.717, 1.165) is 0 Å². The zero-order valence-electron chi connectivity index (χ0n) is 6.75. The van der Waals surface area contributed by atoms with Gasteiger partial charge in [0.2, 0.25) is 0 Å². The minimum Gasteiger partial charge on any atom is -0.298 e. The zero-order valence-corrected chi connectivity index (χ0v) is 9.67. The SMILES string of the molecule is N#Cc1cc(I)cc(C=O)c1C(=O)Cl. The molecule has 0 aliphatic rings. The molecule has 0 saturated carbocycles. The van der Waals surface area contributed by atoms with Crippen LogP contribution < -0.4 is 0 Å². The van der Waals surface area contributed by atoms with Gasteiger partial charge in [-0.3, -0.25) is 9.59 Å². The van der Waals surface area contributed by atoms with Crippen LogP contribution in [0.1, 0.15) is 26.3 Å². The Balaban J connectivity index is 3.58. The first-order valence-corrected chi connectivity index (χ1v) is 4.94. The lowest BCUT2D eigenvalue weighted by Crippen LogP contribution is -2.01. The van der Waals surface area contributed by atoms with Crippen LogP contribution >= 0.6 is 34.2 Å². The van der Waals surface area contributed by atoms with E-state index in [1.54, 1.807) is 0 Å². The number of nitrogens with zero attached hydrogens (tertiary/aromatic N) is 1. The molecule has 0 amide bonds. The molecule has 1 rings (SSSR count). The molecule has 1 aromatic rings. The van der Waals surface area contributed by atoms with E-state index < -0.39 is 5.24 Å². The van der Waals surface area contributed by atoms with Gasteiger partial charge in [-0.05, 0) is 46.3 Å². The van der Waals surface area contributed by atoms with Gasteiger partial charge in [-0.2, -0.15) is 5.26 Å². The summed E-state index contributed by atoms with van der Waals surface area (Å²) in [5, 5.41) is 7.94. The van der Waals surface area contributed by atoms with Gasteiger partial charge in [0.15, 0.2) is 6.29 Å². The number of nitriles is 1. The number of aldehydes is 1. The Morgan fingerprint density at radius 3 is 2.64 bits per heavy atom. The Kier molecular flexibility index (Phi) is 3.61. The summed E-state index contributed by atoms with van der Waals surface area (Å²) in [4.78, 5) is 21.6. The summed E-state index contributed by atoms with van der Waals surface area (Å²) in [5.74, 6) is 0.